The van der Waals surface area contributed by atoms with E-state index in [-0.39, 0.29) is 11.3 Å². The van der Waals surface area contributed by atoms with Gasteiger partial charge in [0.25, 0.3) is 0 Å². The van der Waals surface area contributed by atoms with Gasteiger partial charge in [0.15, 0.2) is 0 Å². The van der Waals surface area contributed by atoms with E-state index in [4.69, 9.17) is 5.11 Å². The lowest BCUT2D eigenvalue weighted by Crippen LogP contribution is -2.18. The number of carbonyl (C=O) groups excluding carboxylic acids is 1. The van der Waals surface area contributed by atoms with Gasteiger partial charge >= 0.3 is 12.3 Å². The maximum Gasteiger partial charge on any atom is 0.573 e. The molecule has 0 saturated carbocycles. The fourth-order valence-corrected chi connectivity index (χ4v) is 2.01. The van der Waals surface area contributed by atoms with Crippen molar-refractivity contribution in [1.29, 1.82) is 0 Å². The van der Waals surface area contributed by atoms with Crippen molar-refractivity contribution in [3.8, 4) is 5.75 Å². The molecule has 0 aliphatic carbocycles. The quantitative estimate of drug-likeness (QED) is 0.824. The van der Waals surface area contributed by atoms with E-state index >= 15 is 0 Å². The van der Waals surface area contributed by atoms with E-state index in [1.807, 2.05) is 0 Å². The first kappa shape index (κ1) is 16.5. The number of aliphatic carboxylic acids is 1. The molecule has 0 radical (unpaired) electrons. The van der Waals surface area contributed by atoms with Crippen molar-refractivity contribution in [3.63, 3.8) is 0 Å². The third kappa shape index (κ3) is 4.84. The standard InChI is InChI=1S/C12H10BrF3O4/c1-6(17)11(13)9-3-2-8(20-12(14,15)16)4-7(9)5-10(18)19/h2-4,11H,5H2,1H3,(H,18,19). The second-order valence-corrected chi connectivity index (χ2v) is 4.87. The molecule has 0 aromatic heterocycles. The lowest BCUT2D eigenvalue weighted by molar-refractivity contribution is -0.274. The second kappa shape index (κ2) is 6.25. The molecule has 0 aliphatic heterocycles. The summed E-state index contributed by atoms with van der Waals surface area (Å²) in [4.78, 5) is 21.3. The molecular weight excluding hydrogens is 345 g/mol. The lowest BCUT2D eigenvalue weighted by atomic mass is 10.00. The van der Waals surface area contributed by atoms with Crippen LogP contribution in [-0.4, -0.2) is 23.2 Å². The minimum atomic E-state index is -4.86. The number of carboxylic acids is 1. The molecule has 110 valence electrons. The smallest absolute Gasteiger partial charge is 0.481 e. The summed E-state index contributed by atoms with van der Waals surface area (Å²) in [7, 11) is 0. The highest BCUT2D eigenvalue weighted by molar-refractivity contribution is 9.09. The summed E-state index contributed by atoms with van der Waals surface area (Å²) < 4.78 is 40.1. The number of ketones is 1. The van der Waals surface area contributed by atoms with Gasteiger partial charge in [0.1, 0.15) is 11.5 Å². The van der Waals surface area contributed by atoms with Crippen LogP contribution in [0.3, 0.4) is 0 Å². The van der Waals surface area contributed by atoms with Crippen molar-refractivity contribution in [2.45, 2.75) is 24.5 Å². The molecule has 0 bridgehead atoms. The maximum atomic E-state index is 12.1. The Hall–Kier alpha value is -1.57. The molecule has 0 fully saturated rings. The zero-order valence-corrected chi connectivity index (χ0v) is 11.8. The van der Waals surface area contributed by atoms with E-state index in [2.05, 4.69) is 20.7 Å². The normalized spacial score (nSPS) is 12.8. The molecule has 0 amide bonds. The molecule has 1 unspecified atom stereocenters. The van der Waals surface area contributed by atoms with Crippen molar-refractivity contribution in [3.05, 3.63) is 29.3 Å². The van der Waals surface area contributed by atoms with Crippen LogP contribution in [0, 0.1) is 0 Å². The van der Waals surface area contributed by atoms with Crippen molar-refractivity contribution in [2.24, 2.45) is 0 Å². The van der Waals surface area contributed by atoms with Gasteiger partial charge in [-0.3, -0.25) is 9.59 Å². The van der Waals surface area contributed by atoms with E-state index in [1.54, 1.807) is 0 Å². The molecule has 20 heavy (non-hydrogen) atoms. The summed E-state index contributed by atoms with van der Waals surface area (Å²) in [5, 5.41) is 8.77. The number of alkyl halides is 4. The van der Waals surface area contributed by atoms with E-state index in [0.29, 0.717) is 5.56 Å². The van der Waals surface area contributed by atoms with Crippen LogP contribution in [0.1, 0.15) is 22.9 Å². The van der Waals surface area contributed by atoms with Gasteiger partial charge in [0, 0.05) is 0 Å². The summed E-state index contributed by atoms with van der Waals surface area (Å²) in [6.45, 7) is 1.28. The molecule has 0 aliphatic rings. The zero-order chi connectivity index (χ0) is 15.5. The van der Waals surface area contributed by atoms with Gasteiger partial charge in [-0.1, -0.05) is 22.0 Å². The Bertz CT molecular complexity index is 528. The third-order valence-corrected chi connectivity index (χ3v) is 3.46. The van der Waals surface area contributed by atoms with E-state index < -0.39 is 29.3 Å². The highest BCUT2D eigenvalue weighted by Crippen LogP contribution is 2.32. The SMILES string of the molecule is CC(=O)C(Br)c1ccc(OC(F)(F)F)cc1CC(=O)O. The fraction of sp³-hybridized carbons (Fsp3) is 0.333. The van der Waals surface area contributed by atoms with E-state index in [1.165, 1.54) is 13.0 Å². The average molecular weight is 355 g/mol. The Balaban J connectivity index is 3.19. The first-order valence-electron chi connectivity index (χ1n) is 5.35. The van der Waals surface area contributed by atoms with E-state index in [0.717, 1.165) is 12.1 Å². The van der Waals surface area contributed by atoms with Crippen molar-refractivity contribution in [2.75, 3.05) is 0 Å². The summed E-state index contributed by atoms with van der Waals surface area (Å²) in [6, 6.07) is 3.24. The molecule has 1 atom stereocenters. The monoisotopic (exact) mass is 354 g/mol. The minimum Gasteiger partial charge on any atom is -0.481 e. The van der Waals surface area contributed by atoms with Gasteiger partial charge in [-0.2, -0.15) is 0 Å². The number of halogens is 4. The van der Waals surface area contributed by atoms with Gasteiger partial charge in [-0.15, -0.1) is 13.2 Å². The summed E-state index contributed by atoms with van der Waals surface area (Å²) in [6.07, 6.45) is -5.38. The first-order chi connectivity index (χ1) is 9.10. The largest absolute Gasteiger partial charge is 0.573 e. The van der Waals surface area contributed by atoms with Crippen molar-refractivity contribution >= 4 is 27.7 Å². The summed E-state index contributed by atoms with van der Waals surface area (Å²) >= 11 is 3.07. The van der Waals surface area contributed by atoms with Crippen molar-refractivity contribution < 1.29 is 32.6 Å². The molecular formula is C12H10BrF3O4. The van der Waals surface area contributed by atoms with Crippen LogP contribution in [0.5, 0.6) is 5.75 Å². The Labute approximate surface area is 120 Å². The number of hydrogen-bond acceptors (Lipinski definition) is 3. The highest BCUT2D eigenvalue weighted by atomic mass is 79.9. The maximum absolute atomic E-state index is 12.1. The highest BCUT2D eigenvalue weighted by Gasteiger charge is 2.31. The number of hydrogen-bond donors (Lipinski definition) is 1. The molecule has 4 nitrogen and oxygen atoms in total. The Morgan fingerprint density at radius 3 is 2.45 bits per heavy atom. The van der Waals surface area contributed by atoms with Gasteiger partial charge in [-0.25, -0.2) is 0 Å². The summed E-state index contributed by atoms with van der Waals surface area (Å²) in [5.74, 6) is -2.04. The van der Waals surface area contributed by atoms with Crippen LogP contribution < -0.4 is 4.74 Å². The van der Waals surface area contributed by atoms with Gasteiger partial charge in [0.2, 0.25) is 0 Å². The van der Waals surface area contributed by atoms with Crippen molar-refractivity contribution in [1.82, 2.24) is 0 Å². The Kier molecular flexibility index (Phi) is 5.15. The molecule has 1 N–H and O–H groups in total. The fourth-order valence-electron chi connectivity index (χ4n) is 1.56. The average Bonchev–Trinajstić information content (AvgIpc) is 2.25. The molecule has 0 spiro atoms. The number of ether oxygens (including phenoxy) is 1. The zero-order valence-electron chi connectivity index (χ0n) is 10.2. The van der Waals surface area contributed by atoms with Gasteiger partial charge in [-0.05, 0) is 30.2 Å². The molecule has 1 aromatic rings. The molecule has 1 rings (SSSR count). The number of benzene rings is 1. The van der Waals surface area contributed by atoms with Crippen LogP contribution in [0.25, 0.3) is 0 Å². The predicted molar refractivity (Wildman–Crippen MR) is 66.8 cm³/mol. The Morgan fingerprint density at radius 1 is 1.40 bits per heavy atom. The second-order valence-electron chi connectivity index (χ2n) is 3.95. The predicted octanol–water partition coefficient (Wildman–Crippen LogP) is 3.24. The number of carboxylic acid groups (broad SMARTS) is 1. The Morgan fingerprint density at radius 2 is 2.00 bits per heavy atom. The van der Waals surface area contributed by atoms with Gasteiger partial charge in [0.05, 0.1) is 11.2 Å². The number of carbonyl (C=O) groups is 2. The minimum absolute atomic E-state index is 0.0799. The van der Waals surface area contributed by atoms with Crippen LogP contribution in [0.2, 0.25) is 0 Å². The lowest BCUT2D eigenvalue weighted by Gasteiger charge is -2.15. The van der Waals surface area contributed by atoms with Crippen LogP contribution >= 0.6 is 15.9 Å². The molecule has 0 saturated heterocycles. The molecule has 0 heterocycles. The van der Waals surface area contributed by atoms with Gasteiger partial charge < -0.3 is 9.84 Å². The number of rotatable bonds is 5. The summed E-state index contributed by atoms with van der Waals surface area (Å²) in [5.41, 5.74) is 0.380. The first-order valence-corrected chi connectivity index (χ1v) is 6.26. The van der Waals surface area contributed by atoms with E-state index in [9.17, 15) is 22.8 Å². The molecule has 8 heteroatoms. The number of Topliss-reactive ketones (excluding diaryl/α,β-unsaturated/α-hetero) is 1. The van der Waals surface area contributed by atoms with Crippen LogP contribution in [0.4, 0.5) is 13.2 Å². The topological polar surface area (TPSA) is 63.6 Å². The van der Waals surface area contributed by atoms with Crippen LogP contribution in [-0.2, 0) is 16.0 Å². The van der Waals surface area contributed by atoms with Crippen LogP contribution in [0.15, 0.2) is 18.2 Å². The molecule has 1 aromatic carbocycles. The third-order valence-electron chi connectivity index (χ3n) is 2.32.